The second-order valence-corrected chi connectivity index (χ2v) is 7.34. The molecule has 0 unspecified atom stereocenters. The van der Waals surface area contributed by atoms with Crippen molar-refractivity contribution in [3.8, 4) is 5.75 Å². The highest BCUT2D eigenvalue weighted by Gasteiger charge is 2.14. The molecular formula is C17H19ClN2O4S. The zero-order valence-electron chi connectivity index (χ0n) is 13.7. The maximum Gasteiger partial charge on any atom is 0.261 e. The predicted octanol–water partition coefficient (Wildman–Crippen LogP) is 3.05. The highest BCUT2D eigenvalue weighted by molar-refractivity contribution is 7.92. The standard InChI is InChI=1S/C17H19ClN2O4S/c1-2-11-19-17(21)12-24-15-7-9-16(10-8-15)25(22,23)20-14-5-3-13(18)4-6-14/h3-10,20H,2,11-12H2,1H3,(H,19,21). The van der Waals surface area contributed by atoms with Crippen LogP contribution < -0.4 is 14.8 Å². The van der Waals surface area contributed by atoms with Crippen LogP contribution in [0.25, 0.3) is 0 Å². The van der Waals surface area contributed by atoms with Crippen LogP contribution in [0.2, 0.25) is 5.02 Å². The molecule has 2 rings (SSSR count). The lowest BCUT2D eigenvalue weighted by atomic mass is 10.3. The van der Waals surface area contributed by atoms with E-state index in [2.05, 4.69) is 10.0 Å². The first kappa shape index (κ1) is 19.1. The third kappa shape index (κ3) is 5.95. The summed E-state index contributed by atoms with van der Waals surface area (Å²) in [5.74, 6) is 0.194. The zero-order valence-corrected chi connectivity index (χ0v) is 15.2. The Labute approximate surface area is 152 Å². The summed E-state index contributed by atoms with van der Waals surface area (Å²) in [4.78, 5) is 11.6. The van der Waals surface area contributed by atoms with Gasteiger partial charge in [0.1, 0.15) is 5.75 Å². The lowest BCUT2D eigenvalue weighted by Crippen LogP contribution is -2.29. The fourth-order valence-corrected chi connectivity index (χ4v) is 3.10. The summed E-state index contributed by atoms with van der Waals surface area (Å²) in [5.41, 5.74) is 0.414. The smallest absolute Gasteiger partial charge is 0.261 e. The molecule has 2 aromatic rings. The van der Waals surface area contributed by atoms with Crippen molar-refractivity contribution in [2.24, 2.45) is 0 Å². The van der Waals surface area contributed by atoms with E-state index < -0.39 is 10.0 Å². The Morgan fingerprint density at radius 3 is 2.32 bits per heavy atom. The minimum absolute atomic E-state index is 0.0882. The molecule has 0 spiro atoms. The van der Waals surface area contributed by atoms with E-state index in [9.17, 15) is 13.2 Å². The van der Waals surface area contributed by atoms with Gasteiger partial charge < -0.3 is 10.1 Å². The minimum Gasteiger partial charge on any atom is -0.484 e. The molecule has 0 aromatic heterocycles. The molecule has 6 nitrogen and oxygen atoms in total. The van der Waals surface area contributed by atoms with E-state index in [4.69, 9.17) is 16.3 Å². The fraction of sp³-hybridized carbons (Fsp3) is 0.235. The maximum atomic E-state index is 12.3. The van der Waals surface area contributed by atoms with Crippen LogP contribution in [0, 0.1) is 0 Å². The minimum atomic E-state index is -3.71. The first-order valence-electron chi connectivity index (χ1n) is 7.68. The highest BCUT2D eigenvalue weighted by Crippen LogP contribution is 2.20. The van der Waals surface area contributed by atoms with Gasteiger partial charge in [-0.15, -0.1) is 0 Å². The van der Waals surface area contributed by atoms with Crippen LogP contribution >= 0.6 is 11.6 Å². The second-order valence-electron chi connectivity index (χ2n) is 5.22. The summed E-state index contributed by atoms with van der Waals surface area (Å²) >= 11 is 5.78. The quantitative estimate of drug-likeness (QED) is 0.734. The van der Waals surface area contributed by atoms with E-state index >= 15 is 0 Å². The molecule has 0 aliphatic heterocycles. The number of amides is 1. The number of hydrogen-bond acceptors (Lipinski definition) is 4. The Kier molecular flexibility index (Phi) is 6.66. The molecule has 0 aliphatic rings. The molecule has 8 heteroatoms. The first-order valence-corrected chi connectivity index (χ1v) is 9.55. The van der Waals surface area contributed by atoms with E-state index in [0.29, 0.717) is 23.0 Å². The Morgan fingerprint density at radius 2 is 1.72 bits per heavy atom. The van der Waals surface area contributed by atoms with E-state index in [-0.39, 0.29) is 17.4 Å². The number of rotatable bonds is 8. The van der Waals surface area contributed by atoms with Crippen molar-refractivity contribution >= 4 is 33.2 Å². The van der Waals surface area contributed by atoms with Gasteiger partial charge in [0.15, 0.2) is 6.61 Å². The Morgan fingerprint density at radius 1 is 1.08 bits per heavy atom. The Hall–Kier alpha value is -2.25. The second kappa shape index (κ2) is 8.73. The number of ether oxygens (including phenoxy) is 1. The average molecular weight is 383 g/mol. The average Bonchev–Trinajstić information content (AvgIpc) is 2.60. The van der Waals surface area contributed by atoms with Crippen LogP contribution in [0.3, 0.4) is 0 Å². The molecule has 1 amide bonds. The molecule has 0 bridgehead atoms. The van der Waals surface area contributed by atoms with Gasteiger partial charge >= 0.3 is 0 Å². The van der Waals surface area contributed by atoms with Gasteiger partial charge in [-0.1, -0.05) is 18.5 Å². The predicted molar refractivity (Wildman–Crippen MR) is 97.5 cm³/mol. The number of anilines is 1. The van der Waals surface area contributed by atoms with Crippen LogP contribution in [-0.2, 0) is 14.8 Å². The molecule has 0 atom stereocenters. The topological polar surface area (TPSA) is 84.5 Å². The van der Waals surface area contributed by atoms with Crippen LogP contribution in [0.4, 0.5) is 5.69 Å². The lowest BCUT2D eigenvalue weighted by Gasteiger charge is -2.10. The Bertz CT molecular complexity index is 806. The fourth-order valence-electron chi connectivity index (χ4n) is 1.91. The van der Waals surface area contributed by atoms with E-state index in [1.165, 1.54) is 24.3 Å². The number of benzene rings is 2. The summed E-state index contributed by atoms with van der Waals surface area (Å²) in [5, 5.41) is 3.21. The normalized spacial score (nSPS) is 11.0. The SMILES string of the molecule is CCCNC(=O)COc1ccc(S(=O)(=O)Nc2ccc(Cl)cc2)cc1. The van der Waals surface area contributed by atoms with E-state index in [1.54, 1.807) is 24.3 Å². The van der Waals surface area contributed by atoms with Crippen molar-refractivity contribution in [3.05, 3.63) is 53.6 Å². The third-order valence-corrected chi connectivity index (χ3v) is 4.82. The summed E-state index contributed by atoms with van der Waals surface area (Å²) in [6, 6.07) is 12.2. The zero-order chi connectivity index (χ0) is 18.3. The molecule has 2 aromatic carbocycles. The number of carbonyl (C=O) groups is 1. The van der Waals surface area contributed by atoms with Crippen LogP contribution in [0.15, 0.2) is 53.4 Å². The molecular weight excluding hydrogens is 364 g/mol. The van der Waals surface area contributed by atoms with Gasteiger partial charge in [0.2, 0.25) is 0 Å². The first-order chi connectivity index (χ1) is 11.9. The third-order valence-electron chi connectivity index (χ3n) is 3.17. The Balaban J connectivity index is 1.98. The van der Waals surface area contributed by atoms with Crippen molar-refractivity contribution < 1.29 is 17.9 Å². The molecule has 134 valence electrons. The van der Waals surface area contributed by atoms with Gasteiger partial charge in [0, 0.05) is 17.3 Å². The summed E-state index contributed by atoms with van der Waals surface area (Å²) in [6.07, 6.45) is 0.846. The molecule has 0 aliphatic carbocycles. The van der Waals surface area contributed by atoms with Crippen molar-refractivity contribution in [1.82, 2.24) is 5.32 Å². The molecule has 0 heterocycles. The van der Waals surface area contributed by atoms with Crippen molar-refractivity contribution in [1.29, 1.82) is 0 Å². The summed E-state index contributed by atoms with van der Waals surface area (Å²) in [6.45, 7) is 2.43. The molecule has 2 N–H and O–H groups in total. The van der Waals surface area contributed by atoms with Crippen LogP contribution in [-0.4, -0.2) is 27.5 Å². The molecule has 0 saturated heterocycles. The summed E-state index contributed by atoms with van der Waals surface area (Å²) < 4.78 is 32.5. The number of halogens is 1. The number of sulfonamides is 1. The molecule has 0 saturated carbocycles. The van der Waals surface area contributed by atoms with Crippen molar-refractivity contribution in [2.75, 3.05) is 17.9 Å². The van der Waals surface area contributed by atoms with Crippen molar-refractivity contribution in [3.63, 3.8) is 0 Å². The molecule has 0 radical (unpaired) electrons. The summed E-state index contributed by atoms with van der Waals surface area (Å²) in [7, 11) is -3.71. The maximum absolute atomic E-state index is 12.3. The van der Waals surface area contributed by atoms with Crippen LogP contribution in [0.1, 0.15) is 13.3 Å². The van der Waals surface area contributed by atoms with E-state index in [1.807, 2.05) is 6.92 Å². The van der Waals surface area contributed by atoms with Gasteiger partial charge in [-0.25, -0.2) is 8.42 Å². The van der Waals surface area contributed by atoms with E-state index in [0.717, 1.165) is 6.42 Å². The number of nitrogens with one attached hydrogen (secondary N) is 2. The van der Waals surface area contributed by atoms with Gasteiger partial charge in [-0.2, -0.15) is 0 Å². The van der Waals surface area contributed by atoms with Gasteiger partial charge in [-0.05, 0) is 55.0 Å². The highest BCUT2D eigenvalue weighted by atomic mass is 35.5. The number of carbonyl (C=O) groups excluding carboxylic acids is 1. The monoisotopic (exact) mass is 382 g/mol. The van der Waals surface area contributed by atoms with Crippen molar-refractivity contribution in [2.45, 2.75) is 18.2 Å². The molecule has 25 heavy (non-hydrogen) atoms. The molecule has 0 fully saturated rings. The largest absolute Gasteiger partial charge is 0.484 e. The van der Waals surface area contributed by atoms with Gasteiger partial charge in [-0.3, -0.25) is 9.52 Å². The van der Waals surface area contributed by atoms with Crippen LogP contribution in [0.5, 0.6) is 5.75 Å². The van der Waals surface area contributed by atoms with Gasteiger partial charge in [0.05, 0.1) is 4.90 Å². The number of hydrogen-bond donors (Lipinski definition) is 2. The van der Waals surface area contributed by atoms with Gasteiger partial charge in [0.25, 0.3) is 15.9 Å². The lowest BCUT2D eigenvalue weighted by molar-refractivity contribution is -0.123.